The Hall–Kier alpha value is -4.13. The molecule has 0 unspecified atom stereocenters. The lowest BCUT2D eigenvalue weighted by atomic mass is 9.96. The number of rotatable bonds is 9. The summed E-state index contributed by atoms with van der Waals surface area (Å²) in [6.45, 7) is 10.6. The predicted octanol–water partition coefficient (Wildman–Crippen LogP) is 5.72. The zero-order chi connectivity index (χ0) is 29.4. The van der Waals surface area contributed by atoms with E-state index >= 15 is 0 Å². The van der Waals surface area contributed by atoms with Gasteiger partial charge in [0, 0.05) is 55.8 Å². The molecule has 216 valence electrons. The van der Waals surface area contributed by atoms with Gasteiger partial charge in [0.05, 0.1) is 11.4 Å². The highest BCUT2D eigenvalue weighted by Crippen LogP contribution is 2.26. The van der Waals surface area contributed by atoms with Crippen LogP contribution in [-0.2, 0) is 24.2 Å². The number of likely N-dealkylation sites (tertiary alicyclic amines) is 1. The summed E-state index contributed by atoms with van der Waals surface area (Å²) < 4.78 is 0. The molecule has 0 saturated carbocycles. The van der Waals surface area contributed by atoms with Gasteiger partial charge in [-0.1, -0.05) is 44.7 Å². The van der Waals surface area contributed by atoms with E-state index in [1.165, 1.54) is 17.5 Å². The van der Waals surface area contributed by atoms with E-state index in [2.05, 4.69) is 37.0 Å². The zero-order valence-electron chi connectivity index (χ0n) is 24.7. The third-order valence-electron chi connectivity index (χ3n) is 7.92. The van der Waals surface area contributed by atoms with Crippen molar-refractivity contribution in [1.82, 2.24) is 9.80 Å². The molecule has 4 rings (SSSR count). The van der Waals surface area contributed by atoms with Gasteiger partial charge >= 0.3 is 0 Å². The molecule has 7 heteroatoms. The summed E-state index contributed by atoms with van der Waals surface area (Å²) in [5.74, 6) is -0.141. The number of aryl methyl sites for hydroxylation is 1. The maximum Gasteiger partial charge on any atom is 0.270 e. The van der Waals surface area contributed by atoms with Crippen LogP contribution in [-0.4, -0.2) is 54.0 Å². The van der Waals surface area contributed by atoms with Crippen molar-refractivity contribution >= 4 is 28.9 Å². The number of benzene rings is 2. The summed E-state index contributed by atoms with van der Waals surface area (Å²) >= 11 is 0. The van der Waals surface area contributed by atoms with Gasteiger partial charge in [-0.05, 0) is 85.6 Å². The number of hydrogen-bond donors (Lipinski definition) is 2. The number of amides is 2. The molecule has 1 fully saturated rings. The lowest BCUT2D eigenvalue weighted by molar-refractivity contribution is -0.128. The van der Waals surface area contributed by atoms with Crippen molar-refractivity contribution in [3.63, 3.8) is 0 Å². The summed E-state index contributed by atoms with van der Waals surface area (Å²) in [4.78, 5) is 35.1. The van der Waals surface area contributed by atoms with Gasteiger partial charge in [-0.3, -0.25) is 14.6 Å². The molecule has 2 aliphatic heterocycles. The van der Waals surface area contributed by atoms with Crippen LogP contribution >= 0.6 is 0 Å². The highest BCUT2D eigenvalue weighted by Gasteiger charge is 2.25. The number of nitrogens with one attached hydrogen (secondary N) is 1. The second kappa shape index (κ2) is 14.0. The average molecular weight is 554 g/mol. The zero-order valence-corrected chi connectivity index (χ0v) is 24.7. The Morgan fingerprint density at radius 3 is 2.44 bits per heavy atom. The van der Waals surface area contributed by atoms with Gasteiger partial charge in [-0.25, -0.2) is 0 Å². The molecule has 2 aromatic carbocycles. The first kappa shape index (κ1) is 29.8. The number of hydrogen-bond acceptors (Lipinski definition) is 5. The van der Waals surface area contributed by atoms with Crippen molar-refractivity contribution in [1.29, 1.82) is 0 Å². The van der Waals surface area contributed by atoms with Gasteiger partial charge in [0.15, 0.2) is 0 Å². The lowest BCUT2D eigenvalue weighted by Gasteiger charge is -2.30. The highest BCUT2D eigenvalue weighted by molar-refractivity contribution is 6.05. The fraction of sp³-hybridized carbons (Fsp3) is 0.382. The van der Waals surface area contributed by atoms with Crippen LogP contribution in [0, 0.1) is 0 Å². The molecule has 0 bridgehead atoms. The Labute approximate surface area is 244 Å². The quantitative estimate of drug-likeness (QED) is 0.236. The molecule has 3 N–H and O–H groups in total. The number of carbonyl (C=O) groups excluding carboxylic acids is 2. The second-order valence-corrected chi connectivity index (χ2v) is 10.6. The van der Waals surface area contributed by atoms with Crippen LogP contribution in [0.15, 0.2) is 71.9 Å². The van der Waals surface area contributed by atoms with Crippen molar-refractivity contribution in [2.24, 2.45) is 10.7 Å². The van der Waals surface area contributed by atoms with Crippen LogP contribution in [0.2, 0.25) is 0 Å². The fourth-order valence-electron chi connectivity index (χ4n) is 5.52. The number of piperidine rings is 1. The highest BCUT2D eigenvalue weighted by atomic mass is 16.2. The van der Waals surface area contributed by atoms with Crippen LogP contribution in [0.5, 0.6) is 0 Å². The molecule has 2 heterocycles. The Morgan fingerprint density at radius 1 is 1.00 bits per heavy atom. The molecule has 0 atom stereocenters. The van der Waals surface area contributed by atoms with Gasteiger partial charge in [0.1, 0.15) is 0 Å². The van der Waals surface area contributed by atoms with Gasteiger partial charge < -0.3 is 20.9 Å². The Balaban J connectivity index is 1.52. The summed E-state index contributed by atoms with van der Waals surface area (Å²) in [5, 5.41) is 3.26. The first-order valence-corrected chi connectivity index (χ1v) is 14.8. The van der Waals surface area contributed by atoms with Gasteiger partial charge in [0.25, 0.3) is 11.8 Å². The van der Waals surface area contributed by atoms with Crippen molar-refractivity contribution in [3.8, 4) is 0 Å². The third kappa shape index (κ3) is 7.15. The second-order valence-electron chi connectivity index (χ2n) is 10.6. The van der Waals surface area contributed by atoms with Crippen LogP contribution < -0.4 is 11.1 Å². The maximum atomic E-state index is 13.4. The number of aliphatic imine (C=N–C) groups is 1. The number of nitrogens with two attached hydrogens (primary N) is 1. The molecule has 0 radical (unpaired) electrons. The Bertz CT molecular complexity index is 1380. The first-order chi connectivity index (χ1) is 19.9. The molecule has 2 aromatic rings. The van der Waals surface area contributed by atoms with Crippen LogP contribution in [0.3, 0.4) is 0 Å². The summed E-state index contributed by atoms with van der Waals surface area (Å²) in [5.41, 5.74) is 14.1. The Morgan fingerprint density at radius 2 is 1.76 bits per heavy atom. The molecule has 0 aromatic heterocycles. The molecule has 2 amide bonds. The van der Waals surface area contributed by atoms with E-state index in [-0.39, 0.29) is 17.5 Å². The number of carbonyl (C=O) groups is 2. The Kier molecular flexibility index (Phi) is 10.2. The largest absolute Gasteiger partial charge is 0.394 e. The van der Waals surface area contributed by atoms with Crippen LogP contribution in [0.1, 0.15) is 72.1 Å². The van der Waals surface area contributed by atoms with E-state index in [0.717, 1.165) is 61.3 Å². The molecule has 0 aliphatic carbocycles. The van der Waals surface area contributed by atoms with E-state index < -0.39 is 0 Å². The number of fused-ring (bicyclic) bond motifs is 1. The van der Waals surface area contributed by atoms with E-state index in [1.54, 1.807) is 17.1 Å². The molecule has 0 spiro atoms. The van der Waals surface area contributed by atoms with Gasteiger partial charge in [0.2, 0.25) is 0 Å². The normalized spacial score (nSPS) is 16.3. The van der Waals surface area contributed by atoms with Crippen molar-refractivity contribution in [2.75, 3.05) is 32.0 Å². The lowest BCUT2D eigenvalue weighted by Crippen LogP contribution is -2.39. The van der Waals surface area contributed by atoms with E-state index in [9.17, 15) is 9.59 Å². The number of anilines is 1. The topological polar surface area (TPSA) is 91.0 Å². The summed E-state index contributed by atoms with van der Waals surface area (Å²) in [7, 11) is 1.91. The predicted molar refractivity (Wildman–Crippen MR) is 169 cm³/mol. The third-order valence-corrected chi connectivity index (χ3v) is 7.92. The molecule has 2 aliphatic rings. The minimum Gasteiger partial charge on any atom is -0.394 e. The van der Waals surface area contributed by atoms with E-state index in [0.29, 0.717) is 30.8 Å². The molecule has 41 heavy (non-hydrogen) atoms. The minimum atomic E-state index is -0.219. The standard InChI is InChI=1S/C34H43N5O2/c1-5-11-31(26-14-12-24(6-2)32(21-26)36-4)37-29(7-3)22-30(35)34(41)39-19-16-25-13-15-27(20-28(25)23-39)33(40)38-17-9-8-10-18-38/h5,11-15,20-22,36H,1,6-10,16-19,23,35H2,2-4H3/b30-22-,31-11-,37-29+. The summed E-state index contributed by atoms with van der Waals surface area (Å²) in [6.07, 6.45) is 10.8. The van der Waals surface area contributed by atoms with Gasteiger partial charge in [-0.2, -0.15) is 0 Å². The van der Waals surface area contributed by atoms with Crippen LogP contribution in [0.4, 0.5) is 5.69 Å². The SMILES string of the molecule is C=C\C=C(/N=C(/C=C(\N)C(=O)N1CCc2ccc(C(=O)N3CCCCC3)cc2C1)CC)c1ccc(CC)c(NC)c1. The average Bonchev–Trinajstić information content (AvgIpc) is 3.02. The number of nitrogens with zero attached hydrogens (tertiary/aromatic N) is 3. The molecule has 7 nitrogen and oxygen atoms in total. The van der Waals surface area contributed by atoms with Crippen molar-refractivity contribution in [3.05, 3.63) is 94.7 Å². The van der Waals surface area contributed by atoms with Crippen molar-refractivity contribution < 1.29 is 9.59 Å². The molecular formula is C34H43N5O2. The smallest absolute Gasteiger partial charge is 0.270 e. The molecular weight excluding hydrogens is 510 g/mol. The van der Waals surface area contributed by atoms with Gasteiger partial charge in [-0.15, -0.1) is 0 Å². The number of allylic oxidation sites excluding steroid dienone is 3. The summed E-state index contributed by atoms with van der Waals surface area (Å²) in [6, 6.07) is 12.2. The van der Waals surface area contributed by atoms with Crippen LogP contribution in [0.25, 0.3) is 5.70 Å². The molecule has 1 saturated heterocycles. The first-order valence-electron chi connectivity index (χ1n) is 14.8. The monoisotopic (exact) mass is 553 g/mol. The van der Waals surface area contributed by atoms with E-state index in [1.807, 2.05) is 43.1 Å². The van der Waals surface area contributed by atoms with Crippen molar-refractivity contribution in [2.45, 2.75) is 58.9 Å². The minimum absolute atomic E-state index is 0.0775. The van der Waals surface area contributed by atoms with E-state index in [4.69, 9.17) is 10.7 Å². The fourth-order valence-corrected chi connectivity index (χ4v) is 5.52. The maximum absolute atomic E-state index is 13.4.